The van der Waals surface area contributed by atoms with Crippen molar-refractivity contribution in [1.82, 2.24) is 10.3 Å². The second-order valence-electron chi connectivity index (χ2n) is 3.98. The summed E-state index contributed by atoms with van der Waals surface area (Å²) in [6, 6.07) is 0. The van der Waals surface area contributed by atoms with Crippen LogP contribution in [0.2, 0.25) is 0 Å². The highest BCUT2D eigenvalue weighted by Crippen LogP contribution is 2.35. The summed E-state index contributed by atoms with van der Waals surface area (Å²) in [7, 11) is 0. The Labute approximate surface area is 114 Å². The standard InChI is InChI=1S/C11H13F3N2O2.ClH/c1-2-18-10(17)8-6-3-4-15-5-7(6)16-9(8)11(12,13)14;/h15-16H,2-5H2,1H3;1H. The predicted molar refractivity (Wildman–Crippen MR) is 64.4 cm³/mol. The first kappa shape index (κ1) is 15.8. The van der Waals surface area contributed by atoms with E-state index in [9.17, 15) is 18.0 Å². The van der Waals surface area contributed by atoms with Crippen molar-refractivity contribution >= 4 is 18.4 Å². The van der Waals surface area contributed by atoms with E-state index < -0.39 is 17.8 Å². The molecule has 8 heteroatoms. The normalized spacial score (nSPS) is 14.5. The Morgan fingerprint density at radius 1 is 1.42 bits per heavy atom. The second-order valence-corrected chi connectivity index (χ2v) is 3.98. The topological polar surface area (TPSA) is 54.1 Å². The number of nitrogens with one attached hydrogen (secondary N) is 2. The van der Waals surface area contributed by atoms with E-state index in [0.29, 0.717) is 30.8 Å². The van der Waals surface area contributed by atoms with Gasteiger partial charge in [-0.1, -0.05) is 0 Å². The number of aromatic nitrogens is 1. The number of ether oxygens (including phenoxy) is 1. The number of esters is 1. The van der Waals surface area contributed by atoms with E-state index in [1.54, 1.807) is 6.92 Å². The molecule has 1 aromatic rings. The minimum absolute atomic E-state index is 0. The van der Waals surface area contributed by atoms with Crippen LogP contribution in [0.1, 0.15) is 34.2 Å². The molecule has 0 saturated carbocycles. The van der Waals surface area contributed by atoms with Crippen LogP contribution in [0.5, 0.6) is 0 Å². The first-order valence-corrected chi connectivity index (χ1v) is 5.64. The lowest BCUT2D eigenvalue weighted by atomic mass is 10.0. The van der Waals surface area contributed by atoms with E-state index in [4.69, 9.17) is 4.74 Å². The monoisotopic (exact) mass is 298 g/mol. The average molecular weight is 299 g/mol. The average Bonchev–Trinajstić information content (AvgIpc) is 2.68. The van der Waals surface area contributed by atoms with Crippen molar-refractivity contribution in [2.24, 2.45) is 0 Å². The summed E-state index contributed by atoms with van der Waals surface area (Å²) in [6.45, 7) is 2.46. The molecule has 2 heterocycles. The highest BCUT2D eigenvalue weighted by Gasteiger charge is 2.40. The van der Waals surface area contributed by atoms with Gasteiger partial charge in [0.05, 0.1) is 12.2 Å². The van der Waals surface area contributed by atoms with Crippen LogP contribution in [0, 0.1) is 0 Å². The van der Waals surface area contributed by atoms with E-state index in [1.165, 1.54) is 0 Å². The molecule has 4 nitrogen and oxygen atoms in total. The zero-order valence-corrected chi connectivity index (χ0v) is 11.0. The van der Waals surface area contributed by atoms with Gasteiger partial charge in [-0.2, -0.15) is 13.2 Å². The highest BCUT2D eigenvalue weighted by atomic mass is 35.5. The van der Waals surface area contributed by atoms with Gasteiger partial charge in [0, 0.05) is 12.2 Å². The van der Waals surface area contributed by atoms with Crippen molar-refractivity contribution < 1.29 is 22.7 Å². The molecule has 0 aliphatic carbocycles. The molecular formula is C11H14ClF3N2O2. The van der Waals surface area contributed by atoms with Crippen LogP contribution < -0.4 is 5.32 Å². The second kappa shape index (κ2) is 5.83. The van der Waals surface area contributed by atoms with Crippen molar-refractivity contribution in [3.8, 4) is 0 Å². The summed E-state index contributed by atoms with van der Waals surface area (Å²) in [5.41, 5.74) is -0.536. The van der Waals surface area contributed by atoms with Crippen LogP contribution in [-0.2, 0) is 23.9 Å². The van der Waals surface area contributed by atoms with Crippen molar-refractivity contribution in [2.75, 3.05) is 13.2 Å². The quantitative estimate of drug-likeness (QED) is 0.824. The van der Waals surface area contributed by atoms with E-state index in [1.807, 2.05) is 0 Å². The fraction of sp³-hybridized carbons (Fsp3) is 0.545. The molecule has 0 amide bonds. The maximum atomic E-state index is 12.9. The van der Waals surface area contributed by atoms with Crippen LogP contribution in [0.25, 0.3) is 0 Å². The summed E-state index contributed by atoms with van der Waals surface area (Å²) in [5.74, 6) is -0.913. The molecule has 0 radical (unpaired) electrons. The first-order chi connectivity index (χ1) is 8.45. The van der Waals surface area contributed by atoms with Gasteiger partial charge >= 0.3 is 12.1 Å². The van der Waals surface area contributed by atoms with Gasteiger partial charge in [0.2, 0.25) is 0 Å². The number of alkyl halides is 3. The zero-order valence-electron chi connectivity index (χ0n) is 10.2. The van der Waals surface area contributed by atoms with Crippen LogP contribution in [-0.4, -0.2) is 24.1 Å². The van der Waals surface area contributed by atoms with Gasteiger partial charge in [0.1, 0.15) is 5.69 Å². The van der Waals surface area contributed by atoms with Gasteiger partial charge in [0.15, 0.2) is 0 Å². The number of aromatic amines is 1. The molecule has 0 aromatic carbocycles. The van der Waals surface area contributed by atoms with Gasteiger partial charge in [-0.05, 0) is 25.5 Å². The Balaban J connectivity index is 0.00000180. The van der Waals surface area contributed by atoms with Gasteiger partial charge < -0.3 is 15.0 Å². The minimum Gasteiger partial charge on any atom is -0.462 e. The molecule has 0 bridgehead atoms. The number of carbonyl (C=O) groups excluding carboxylic acids is 1. The fourth-order valence-corrected chi connectivity index (χ4v) is 2.09. The molecule has 0 saturated heterocycles. The third-order valence-electron chi connectivity index (χ3n) is 2.81. The largest absolute Gasteiger partial charge is 0.462 e. The molecular weight excluding hydrogens is 285 g/mol. The van der Waals surface area contributed by atoms with Gasteiger partial charge in [-0.25, -0.2) is 4.79 Å². The van der Waals surface area contributed by atoms with Gasteiger partial charge in [-0.15, -0.1) is 12.4 Å². The maximum Gasteiger partial charge on any atom is 0.432 e. The Kier molecular flexibility index (Phi) is 4.86. The molecule has 2 N–H and O–H groups in total. The predicted octanol–water partition coefficient (Wildman–Crippen LogP) is 2.28. The number of fused-ring (bicyclic) bond motifs is 1. The molecule has 1 aromatic heterocycles. The number of hydrogen-bond acceptors (Lipinski definition) is 3. The van der Waals surface area contributed by atoms with E-state index >= 15 is 0 Å². The molecule has 0 unspecified atom stereocenters. The van der Waals surface area contributed by atoms with Gasteiger partial charge in [-0.3, -0.25) is 0 Å². The van der Waals surface area contributed by atoms with Crippen LogP contribution >= 0.6 is 12.4 Å². The van der Waals surface area contributed by atoms with Gasteiger partial charge in [0.25, 0.3) is 0 Å². The number of carbonyl (C=O) groups is 1. The van der Waals surface area contributed by atoms with Crippen molar-refractivity contribution in [3.05, 3.63) is 22.5 Å². The molecule has 2 rings (SSSR count). The Hall–Kier alpha value is -1.21. The van der Waals surface area contributed by atoms with E-state index in [0.717, 1.165) is 0 Å². The summed E-state index contributed by atoms with van der Waals surface area (Å²) >= 11 is 0. The summed E-state index contributed by atoms with van der Waals surface area (Å²) < 4.78 is 43.3. The molecule has 1 aliphatic rings. The summed E-state index contributed by atoms with van der Waals surface area (Å²) in [5, 5.41) is 2.95. The number of hydrogen-bond donors (Lipinski definition) is 2. The van der Waals surface area contributed by atoms with Crippen LogP contribution in [0.15, 0.2) is 0 Å². The van der Waals surface area contributed by atoms with E-state index in [-0.39, 0.29) is 24.6 Å². The molecule has 0 spiro atoms. The number of rotatable bonds is 2. The molecule has 1 aliphatic heterocycles. The summed E-state index contributed by atoms with van der Waals surface area (Å²) in [6.07, 6.45) is -4.20. The van der Waals surface area contributed by atoms with Crippen molar-refractivity contribution in [3.63, 3.8) is 0 Å². The lowest BCUT2D eigenvalue weighted by Gasteiger charge is -2.13. The lowest BCUT2D eigenvalue weighted by Crippen LogP contribution is -2.24. The Morgan fingerprint density at radius 2 is 2.11 bits per heavy atom. The minimum atomic E-state index is -4.58. The smallest absolute Gasteiger partial charge is 0.432 e. The lowest BCUT2D eigenvalue weighted by molar-refractivity contribution is -0.141. The van der Waals surface area contributed by atoms with E-state index in [2.05, 4.69) is 10.3 Å². The maximum absolute atomic E-state index is 12.9. The highest BCUT2D eigenvalue weighted by molar-refractivity contribution is 5.93. The third kappa shape index (κ3) is 3.03. The van der Waals surface area contributed by atoms with Crippen LogP contribution in [0.4, 0.5) is 13.2 Å². The summed E-state index contributed by atoms with van der Waals surface area (Å²) in [4.78, 5) is 14.0. The van der Waals surface area contributed by atoms with Crippen molar-refractivity contribution in [1.29, 1.82) is 0 Å². The fourth-order valence-electron chi connectivity index (χ4n) is 2.09. The number of halogens is 4. The van der Waals surface area contributed by atoms with Crippen LogP contribution in [0.3, 0.4) is 0 Å². The first-order valence-electron chi connectivity index (χ1n) is 5.64. The molecule has 0 fully saturated rings. The zero-order chi connectivity index (χ0) is 13.3. The molecule has 108 valence electrons. The Morgan fingerprint density at radius 3 is 2.68 bits per heavy atom. The SMILES string of the molecule is CCOC(=O)c1c(C(F)(F)F)[nH]c2c1CCNC2.Cl. The molecule has 0 atom stereocenters. The third-order valence-corrected chi connectivity index (χ3v) is 2.81. The number of H-pyrrole nitrogens is 1. The van der Waals surface area contributed by atoms with Crippen molar-refractivity contribution in [2.45, 2.75) is 26.1 Å². The molecule has 19 heavy (non-hydrogen) atoms. The Bertz CT molecular complexity index is 471.